The van der Waals surface area contributed by atoms with Gasteiger partial charge in [-0.2, -0.15) is 0 Å². The Labute approximate surface area is 179 Å². The van der Waals surface area contributed by atoms with E-state index in [9.17, 15) is 0 Å². The van der Waals surface area contributed by atoms with Crippen LogP contribution in [0, 0.1) is 64.6 Å². The van der Waals surface area contributed by atoms with Crippen LogP contribution in [0.5, 0.6) is 0 Å². The second-order valence-electron chi connectivity index (χ2n) is 12.6. The standard InChI is InChI=1S/C28H54/c1-11-26(20(4)23(7)28(8,9)10)21(5)24-14-12-13-18(2)27-19(3)15-16-25(17-24)22(27)6/h18-27H,11-17H2,1-10H3. The smallest absolute Gasteiger partial charge is 0.0334 e. The van der Waals surface area contributed by atoms with Gasteiger partial charge in [-0.1, -0.05) is 101 Å². The maximum atomic E-state index is 2.64. The van der Waals surface area contributed by atoms with Crippen LogP contribution in [0.4, 0.5) is 0 Å². The molecule has 0 N–H and O–H groups in total. The van der Waals surface area contributed by atoms with Gasteiger partial charge in [0, 0.05) is 0 Å². The van der Waals surface area contributed by atoms with Gasteiger partial charge in [0.1, 0.15) is 0 Å². The van der Waals surface area contributed by atoms with Crippen LogP contribution in [0.2, 0.25) is 0 Å². The third-order valence-electron chi connectivity index (χ3n) is 10.2. The molecule has 0 saturated heterocycles. The summed E-state index contributed by atoms with van der Waals surface area (Å²) in [5.74, 6) is 9.11. The van der Waals surface area contributed by atoms with Gasteiger partial charge in [-0.25, -0.2) is 0 Å². The van der Waals surface area contributed by atoms with Crippen LogP contribution in [0.1, 0.15) is 114 Å². The molecule has 0 aromatic carbocycles. The minimum absolute atomic E-state index is 0.418. The van der Waals surface area contributed by atoms with Crippen molar-refractivity contribution >= 4 is 0 Å². The van der Waals surface area contributed by atoms with Gasteiger partial charge < -0.3 is 0 Å². The van der Waals surface area contributed by atoms with Crippen molar-refractivity contribution in [1.82, 2.24) is 0 Å². The van der Waals surface area contributed by atoms with E-state index in [4.69, 9.17) is 0 Å². The third-order valence-corrected chi connectivity index (χ3v) is 10.2. The molecule has 0 aromatic heterocycles. The monoisotopic (exact) mass is 390 g/mol. The predicted molar refractivity (Wildman–Crippen MR) is 126 cm³/mol. The van der Waals surface area contributed by atoms with Crippen LogP contribution in [0.25, 0.3) is 0 Å². The van der Waals surface area contributed by atoms with E-state index in [0.717, 1.165) is 59.2 Å². The number of rotatable bonds is 5. The first-order chi connectivity index (χ1) is 13.0. The molecule has 10 unspecified atom stereocenters. The van der Waals surface area contributed by atoms with Crippen molar-refractivity contribution in [3.8, 4) is 0 Å². The number of hydrogen-bond donors (Lipinski definition) is 0. The molecule has 0 nitrogen and oxygen atoms in total. The highest BCUT2D eigenvalue weighted by Crippen LogP contribution is 2.50. The van der Waals surface area contributed by atoms with Gasteiger partial charge >= 0.3 is 0 Å². The molecule has 2 saturated carbocycles. The van der Waals surface area contributed by atoms with E-state index >= 15 is 0 Å². The third kappa shape index (κ3) is 5.37. The zero-order valence-corrected chi connectivity index (χ0v) is 21.2. The Morgan fingerprint density at radius 3 is 2.04 bits per heavy atom. The van der Waals surface area contributed by atoms with Gasteiger partial charge in [-0.05, 0) is 77.4 Å². The molecule has 0 aromatic rings. The summed E-state index contributed by atoms with van der Waals surface area (Å²) >= 11 is 0. The van der Waals surface area contributed by atoms with E-state index in [2.05, 4.69) is 69.2 Å². The maximum Gasteiger partial charge on any atom is -0.0334 e. The normalized spacial score (nSPS) is 39.2. The van der Waals surface area contributed by atoms with Crippen molar-refractivity contribution in [2.75, 3.05) is 0 Å². The SMILES string of the molecule is CCC(C(C)C1CCCC(C)C2C(C)CCC(C1)C2C)C(C)C(C)C(C)(C)C. The summed E-state index contributed by atoms with van der Waals surface area (Å²) in [5.41, 5.74) is 0.418. The highest BCUT2D eigenvalue weighted by Gasteiger charge is 2.41. The molecule has 0 amide bonds. The first kappa shape index (κ1) is 24.3. The topological polar surface area (TPSA) is 0 Å². The first-order valence-corrected chi connectivity index (χ1v) is 13.0. The molecule has 0 heteroatoms. The van der Waals surface area contributed by atoms with Crippen molar-refractivity contribution in [3.05, 3.63) is 0 Å². The van der Waals surface area contributed by atoms with Gasteiger partial charge in [-0.15, -0.1) is 0 Å². The summed E-state index contributed by atoms with van der Waals surface area (Å²) in [4.78, 5) is 0. The van der Waals surface area contributed by atoms with E-state index in [1.807, 2.05) is 0 Å². The highest BCUT2D eigenvalue weighted by molar-refractivity contribution is 4.91. The van der Waals surface area contributed by atoms with E-state index in [1.165, 1.54) is 44.9 Å². The second kappa shape index (κ2) is 9.87. The molecule has 0 spiro atoms. The van der Waals surface area contributed by atoms with Crippen LogP contribution in [-0.4, -0.2) is 0 Å². The van der Waals surface area contributed by atoms with Crippen LogP contribution in [0.15, 0.2) is 0 Å². The molecular weight excluding hydrogens is 336 g/mol. The molecule has 2 fully saturated rings. The Morgan fingerprint density at radius 2 is 1.46 bits per heavy atom. The Hall–Kier alpha value is 0. The van der Waals surface area contributed by atoms with Crippen molar-refractivity contribution in [2.45, 2.75) is 114 Å². The second-order valence-corrected chi connectivity index (χ2v) is 12.6. The van der Waals surface area contributed by atoms with Gasteiger partial charge in [0.15, 0.2) is 0 Å². The summed E-state index contributed by atoms with van der Waals surface area (Å²) in [5, 5.41) is 0. The Morgan fingerprint density at radius 1 is 0.857 bits per heavy atom. The molecule has 2 bridgehead atoms. The van der Waals surface area contributed by atoms with E-state index < -0.39 is 0 Å². The lowest BCUT2D eigenvalue weighted by molar-refractivity contribution is 0.0416. The Bertz CT molecular complexity index is 457. The van der Waals surface area contributed by atoms with Gasteiger partial charge in [0.05, 0.1) is 0 Å². The minimum atomic E-state index is 0.418. The first-order valence-electron chi connectivity index (χ1n) is 13.0. The fourth-order valence-corrected chi connectivity index (χ4v) is 7.79. The van der Waals surface area contributed by atoms with Crippen molar-refractivity contribution < 1.29 is 0 Å². The van der Waals surface area contributed by atoms with Crippen molar-refractivity contribution in [1.29, 1.82) is 0 Å². The van der Waals surface area contributed by atoms with Crippen molar-refractivity contribution in [3.63, 3.8) is 0 Å². The summed E-state index contributed by atoms with van der Waals surface area (Å²) in [6.45, 7) is 25.3. The summed E-state index contributed by atoms with van der Waals surface area (Å²) in [7, 11) is 0. The average molecular weight is 391 g/mol. The lowest BCUT2D eigenvalue weighted by Gasteiger charge is -2.45. The molecule has 0 heterocycles. The molecule has 2 aliphatic carbocycles. The molecule has 28 heavy (non-hydrogen) atoms. The zero-order valence-electron chi connectivity index (χ0n) is 21.2. The van der Waals surface area contributed by atoms with E-state index in [-0.39, 0.29) is 0 Å². The quantitative estimate of drug-likeness (QED) is 0.439. The van der Waals surface area contributed by atoms with E-state index in [0.29, 0.717) is 5.41 Å². The number of fused-ring (bicyclic) bond motifs is 2. The lowest BCUT2D eigenvalue weighted by Crippen LogP contribution is -2.37. The highest BCUT2D eigenvalue weighted by atomic mass is 14.5. The summed E-state index contributed by atoms with van der Waals surface area (Å²) in [6.07, 6.45) is 10.3. The van der Waals surface area contributed by atoms with Crippen LogP contribution >= 0.6 is 0 Å². The van der Waals surface area contributed by atoms with Crippen LogP contribution in [-0.2, 0) is 0 Å². The molecule has 10 atom stereocenters. The molecule has 2 aliphatic rings. The Balaban J connectivity index is 2.18. The van der Waals surface area contributed by atoms with Gasteiger partial charge in [-0.3, -0.25) is 0 Å². The van der Waals surface area contributed by atoms with Crippen molar-refractivity contribution in [2.24, 2.45) is 64.6 Å². The number of hydrogen-bond acceptors (Lipinski definition) is 0. The lowest BCUT2D eigenvalue weighted by atomic mass is 9.60. The largest absolute Gasteiger partial charge is 0.0651 e. The molecule has 2 rings (SSSR count). The van der Waals surface area contributed by atoms with Gasteiger partial charge in [0.2, 0.25) is 0 Å². The van der Waals surface area contributed by atoms with Crippen LogP contribution < -0.4 is 0 Å². The zero-order chi connectivity index (χ0) is 21.2. The fraction of sp³-hybridized carbons (Fsp3) is 1.00. The fourth-order valence-electron chi connectivity index (χ4n) is 7.79. The molecule has 0 radical (unpaired) electrons. The molecular formula is C28H54. The average Bonchev–Trinajstić information content (AvgIpc) is 2.64. The predicted octanol–water partition coefficient (Wildman–Crippen LogP) is 9.09. The summed E-state index contributed by atoms with van der Waals surface area (Å²) in [6, 6.07) is 0. The van der Waals surface area contributed by atoms with Gasteiger partial charge in [0.25, 0.3) is 0 Å². The molecule has 0 aliphatic heterocycles. The minimum Gasteiger partial charge on any atom is -0.0651 e. The summed E-state index contributed by atoms with van der Waals surface area (Å²) < 4.78 is 0. The maximum absolute atomic E-state index is 2.64. The van der Waals surface area contributed by atoms with E-state index in [1.54, 1.807) is 0 Å². The Kier molecular flexibility index (Phi) is 8.56. The molecule has 166 valence electrons. The van der Waals surface area contributed by atoms with Crippen LogP contribution in [0.3, 0.4) is 0 Å².